The second-order valence-electron chi connectivity index (χ2n) is 5.45. The highest BCUT2D eigenvalue weighted by molar-refractivity contribution is 5.53. The largest absolute Gasteiger partial charge is 0.497 e. The Bertz CT molecular complexity index is 812. The fraction of sp³-hybridized carbons (Fsp3) is 0.353. The lowest BCUT2D eigenvalue weighted by Crippen LogP contribution is -2.11. The van der Waals surface area contributed by atoms with E-state index in [1.807, 2.05) is 25.1 Å². The van der Waals surface area contributed by atoms with Crippen LogP contribution in [0.2, 0.25) is 0 Å². The van der Waals surface area contributed by atoms with Crippen molar-refractivity contribution in [3.05, 3.63) is 47.4 Å². The predicted octanol–water partition coefficient (Wildman–Crippen LogP) is 3.01. The molecule has 2 heterocycles. The lowest BCUT2D eigenvalue weighted by Gasteiger charge is -2.15. The van der Waals surface area contributed by atoms with Gasteiger partial charge in [0.05, 0.1) is 7.11 Å². The maximum absolute atomic E-state index is 5.28. The van der Waals surface area contributed by atoms with E-state index in [4.69, 9.17) is 4.74 Å². The molecule has 0 aliphatic heterocycles. The van der Waals surface area contributed by atoms with Crippen molar-refractivity contribution in [1.29, 1.82) is 0 Å². The minimum absolute atomic E-state index is 0.621. The van der Waals surface area contributed by atoms with Crippen molar-refractivity contribution in [3.63, 3.8) is 0 Å². The van der Waals surface area contributed by atoms with Crippen LogP contribution in [-0.2, 0) is 13.0 Å². The molecular weight excluding hydrogens is 290 g/mol. The van der Waals surface area contributed by atoms with Crippen LogP contribution in [-0.4, -0.2) is 26.7 Å². The first-order chi connectivity index (χ1) is 11.2. The number of fused-ring (bicyclic) bond motifs is 1. The minimum atomic E-state index is 0.621. The molecule has 0 amide bonds. The molecule has 0 aliphatic rings. The predicted molar refractivity (Wildman–Crippen MR) is 89.8 cm³/mol. The molecule has 6 nitrogen and oxygen atoms in total. The van der Waals surface area contributed by atoms with E-state index in [2.05, 4.69) is 33.4 Å². The summed E-state index contributed by atoms with van der Waals surface area (Å²) in [7, 11) is 1.68. The quantitative estimate of drug-likeness (QED) is 0.758. The first kappa shape index (κ1) is 15.3. The molecular formula is C17H21N5O. The van der Waals surface area contributed by atoms with Gasteiger partial charge >= 0.3 is 0 Å². The Morgan fingerprint density at radius 3 is 2.96 bits per heavy atom. The van der Waals surface area contributed by atoms with Gasteiger partial charge in [0.1, 0.15) is 17.9 Å². The normalized spacial score (nSPS) is 10.9. The number of rotatable bonds is 6. The first-order valence-corrected chi connectivity index (χ1v) is 7.79. The Kier molecular flexibility index (Phi) is 4.41. The highest BCUT2D eigenvalue weighted by Gasteiger charge is 2.13. The number of hydrogen-bond donors (Lipinski definition) is 1. The Hall–Kier alpha value is -2.63. The van der Waals surface area contributed by atoms with Gasteiger partial charge in [-0.1, -0.05) is 25.5 Å². The van der Waals surface area contributed by atoms with E-state index in [-0.39, 0.29) is 0 Å². The van der Waals surface area contributed by atoms with Gasteiger partial charge in [-0.05, 0) is 31.0 Å². The van der Waals surface area contributed by atoms with Crippen LogP contribution in [0.4, 0.5) is 5.82 Å². The fourth-order valence-corrected chi connectivity index (χ4v) is 2.69. The van der Waals surface area contributed by atoms with Crippen LogP contribution in [0.1, 0.15) is 30.2 Å². The van der Waals surface area contributed by atoms with E-state index in [0.29, 0.717) is 12.3 Å². The molecule has 0 bridgehead atoms. The smallest absolute Gasteiger partial charge is 0.254 e. The highest BCUT2D eigenvalue weighted by atomic mass is 16.5. The summed E-state index contributed by atoms with van der Waals surface area (Å²) < 4.78 is 7.06. The van der Waals surface area contributed by atoms with E-state index in [1.165, 1.54) is 11.9 Å². The van der Waals surface area contributed by atoms with Gasteiger partial charge in [-0.15, -0.1) is 0 Å². The summed E-state index contributed by atoms with van der Waals surface area (Å²) in [5.74, 6) is 2.44. The third kappa shape index (κ3) is 3.11. The molecule has 0 aliphatic carbocycles. The average molecular weight is 311 g/mol. The van der Waals surface area contributed by atoms with Gasteiger partial charge in [0.15, 0.2) is 0 Å². The summed E-state index contributed by atoms with van der Waals surface area (Å²) in [6.45, 7) is 4.87. The van der Waals surface area contributed by atoms with Crippen molar-refractivity contribution in [3.8, 4) is 5.75 Å². The lowest BCUT2D eigenvalue weighted by molar-refractivity contribution is 0.414. The molecule has 0 saturated carbocycles. The van der Waals surface area contributed by atoms with Crippen LogP contribution in [0.5, 0.6) is 5.75 Å². The van der Waals surface area contributed by atoms with Gasteiger partial charge in [0.2, 0.25) is 0 Å². The zero-order valence-corrected chi connectivity index (χ0v) is 13.7. The second-order valence-corrected chi connectivity index (χ2v) is 5.45. The van der Waals surface area contributed by atoms with Gasteiger partial charge in [-0.25, -0.2) is 4.98 Å². The van der Waals surface area contributed by atoms with Crippen molar-refractivity contribution < 1.29 is 4.74 Å². The molecule has 2 aromatic heterocycles. The topological polar surface area (TPSA) is 64.3 Å². The number of anilines is 1. The summed E-state index contributed by atoms with van der Waals surface area (Å²) in [6, 6.07) is 8.03. The molecule has 23 heavy (non-hydrogen) atoms. The van der Waals surface area contributed by atoms with Gasteiger partial charge < -0.3 is 10.1 Å². The number of aromatic nitrogens is 4. The Morgan fingerprint density at radius 1 is 1.30 bits per heavy atom. The third-order valence-electron chi connectivity index (χ3n) is 3.83. The van der Waals surface area contributed by atoms with Crippen LogP contribution in [0.3, 0.4) is 0 Å². The number of hydrogen-bond acceptors (Lipinski definition) is 5. The summed E-state index contributed by atoms with van der Waals surface area (Å²) in [5, 5.41) is 7.81. The molecule has 1 aromatic carbocycles. The number of methoxy groups -OCH3 is 1. The maximum Gasteiger partial charge on any atom is 0.254 e. The van der Waals surface area contributed by atoms with Crippen LogP contribution >= 0.6 is 0 Å². The molecule has 0 saturated heterocycles. The number of nitrogens with one attached hydrogen (secondary N) is 1. The molecule has 0 unspecified atom stereocenters. The number of ether oxygens (including phenoxy) is 1. The molecule has 3 rings (SSSR count). The van der Waals surface area contributed by atoms with Gasteiger partial charge in [-0.2, -0.15) is 14.6 Å². The summed E-state index contributed by atoms with van der Waals surface area (Å²) in [6.07, 6.45) is 3.54. The zero-order valence-electron chi connectivity index (χ0n) is 13.7. The van der Waals surface area contributed by atoms with Crippen molar-refractivity contribution in [2.24, 2.45) is 0 Å². The molecule has 120 valence electrons. The SMILES string of the molecule is CCCc1c(C)nc2ncnn2c1NCc1cccc(OC)c1. The molecule has 0 spiro atoms. The fourth-order valence-electron chi connectivity index (χ4n) is 2.69. The Labute approximate surface area is 135 Å². The monoisotopic (exact) mass is 311 g/mol. The van der Waals surface area contributed by atoms with Crippen molar-refractivity contribution in [1.82, 2.24) is 19.6 Å². The van der Waals surface area contributed by atoms with E-state index in [1.54, 1.807) is 11.6 Å². The van der Waals surface area contributed by atoms with Crippen LogP contribution < -0.4 is 10.1 Å². The summed E-state index contributed by atoms with van der Waals surface area (Å²) >= 11 is 0. The molecule has 6 heteroatoms. The maximum atomic E-state index is 5.28. The third-order valence-corrected chi connectivity index (χ3v) is 3.83. The summed E-state index contributed by atoms with van der Waals surface area (Å²) in [4.78, 5) is 8.73. The van der Waals surface area contributed by atoms with E-state index < -0.39 is 0 Å². The average Bonchev–Trinajstić information content (AvgIpc) is 3.03. The van der Waals surface area contributed by atoms with E-state index in [9.17, 15) is 0 Å². The molecule has 0 fully saturated rings. The Morgan fingerprint density at radius 2 is 2.17 bits per heavy atom. The Balaban J connectivity index is 1.94. The van der Waals surface area contributed by atoms with Crippen molar-refractivity contribution in [2.75, 3.05) is 12.4 Å². The van der Waals surface area contributed by atoms with Gasteiger partial charge in [-0.3, -0.25) is 0 Å². The minimum Gasteiger partial charge on any atom is -0.497 e. The summed E-state index contributed by atoms with van der Waals surface area (Å²) in [5.41, 5.74) is 3.34. The van der Waals surface area contributed by atoms with Crippen LogP contribution in [0.25, 0.3) is 5.78 Å². The van der Waals surface area contributed by atoms with Crippen LogP contribution in [0.15, 0.2) is 30.6 Å². The first-order valence-electron chi connectivity index (χ1n) is 7.79. The lowest BCUT2D eigenvalue weighted by atomic mass is 10.1. The number of nitrogens with zero attached hydrogens (tertiary/aromatic N) is 4. The van der Waals surface area contributed by atoms with Gasteiger partial charge in [0.25, 0.3) is 5.78 Å². The van der Waals surface area contributed by atoms with Crippen LogP contribution in [0, 0.1) is 6.92 Å². The van der Waals surface area contributed by atoms with E-state index in [0.717, 1.165) is 35.7 Å². The van der Waals surface area contributed by atoms with Crippen molar-refractivity contribution >= 4 is 11.6 Å². The number of benzene rings is 1. The zero-order chi connectivity index (χ0) is 16.2. The van der Waals surface area contributed by atoms with Crippen molar-refractivity contribution in [2.45, 2.75) is 33.2 Å². The standard InChI is InChI=1S/C17H21N5O/c1-4-6-15-12(2)21-17-19-11-20-22(17)16(15)18-10-13-7-5-8-14(9-13)23-3/h5,7-9,11,18H,4,6,10H2,1-3H3. The molecule has 3 aromatic rings. The number of aryl methyl sites for hydroxylation is 1. The molecule has 0 atom stereocenters. The van der Waals surface area contributed by atoms with E-state index >= 15 is 0 Å². The molecule has 1 N–H and O–H groups in total. The highest BCUT2D eigenvalue weighted by Crippen LogP contribution is 2.22. The van der Waals surface area contributed by atoms with Gasteiger partial charge in [0, 0.05) is 17.8 Å². The molecule has 0 radical (unpaired) electrons. The second kappa shape index (κ2) is 6.64.